The van der Waals surface area contributed by atoms with Crippen LogP contribution in [-0.4, -0.2) is 30.5 Å². The third-order valence-corrected chi connectivity index (χ3v) is 3.39. The highest BCUT2D eigenvalue weighted by Crippen LogP contribution is 2.17. The SMILES string of the molecule is CC1CCN(C(=O)COc2ccc(F)c(F)c2)CC1. The Balaban J connectivity index is 1.84. The van der Waals surface area contributed by atoms with Gasteiger partial charge in [-0.05, 0) is 30.9 Å². The number of nitrogens with zero attached hydrogens (tertiary/aromatic N) is 1. The third kappa shape index (κ3) is 3.66. The van der Waals surface area contributed by atoms with Crippen molar-refractivity contribution in [2.45, 2.75) is 19.8 Å². The maximum atomic E-state index is 13.0. The van der Waals surface area contributed by atoms with Crippen molar-refractivity contribution in [2.75, 3.05) is 19.7 Å². The van der Waals surface area contributed by atoms with Crippen LogP contribution < -0.4 is 4.74 Å². The van der Waals surface area contributed by atoms with Crippen LogP contribution in [0.15, 0.2) is 18.2 Å². The molecule has 1 aromatic carbocycles. The molecule has 5 heteroatoms. The van der Waals surface area contributed by atoms with E-state index in [9.17, 15) is 13.6 Å². The fourth-order valence-electron chi connectivity index (χ4n) is 2.06. The molecule has 0 bridgehead atoms. The minimum atomic E-state index is -0.975. The van der Waals surface area contributed by atoms with Gasteiger partial charge < -0.3 is 9.64 Å². The lowest BCUT2D eigenvalue weighted by molar-refractivity contribution is -0.134. The molecule has 1 aromatic rings. The molecule has 19 heavy (non-hydrogen) atoms. The summed E-state index contributed by atoms with van der Waals surface area (Å²) in [4.78, 5) is 13.6. The van der Waals surface area contributed by atoms with Crippen LogP contribution in [-0.2, 0) is 4.79 Å². The van der Waals surface area contributed by atoms with E-state index in [0.717, 1.165) is 38.1 Å². The highest BCUT2D eigenvalue weighted by molar-refractivity contribution is 5.77. The van der Waals surface area contributed by atoms with E-state index in [1.807, 2.05) is 0 Å². The zero-order chi connectivity index (χ0) is 13.8. The fourth-order valence-corrected chi connectivity index (χ4v) is 2.06. The molecule has 104 valence electrons. The van der Waals surface area contributed by atoms with Crippen molar-refractivity contribution in [1.29, 1.82) is 0 Å². The van der Waals surface area contributed by atoms with Crippen molar-refractivity contribution in [3.63, 3.8) is 0 Å². The largest absolute Gasteiger partial charge is 0.484 e. The average molecular weight is 269 g/mol. The molecule has 0 aliphatic carbocycles. The number of likely N-dealkylation sites (tertiary alicyclic amines) is 1. The Kier molecular flexibility index (Phi) is 4.35. The Morgan fingerprint density at radius 3 is 2.63 bits per heavy atom. The van der Waals surface area contributed by atoms with Gasteiger partial charge in [-0.15, -0.1) is 0 Å². The van der Waals surface area contributed by atoms with Gasteiger partial charge in [-0.2, -0.15) is 0 Å². The van der Waals surface area contributed by atoms with Gasteiger partial charge in [-0.3, -0.25) is 4.79 Å². The van der Waals surface area contributed by atoms with Gasteiger partial charge in [0.25, 0.3) is 5.91 Å². The van der Waals surface area contributed by atoms with Crippen molar-refractivity contribution in [3.8, 4) is 5.75 Å². The molecule has 0 spiro atoms. The summed E-state index contributed by atoms with van der Waals surface area (Å²) >= 11 is 0. The Hall–Kier alpha value is -1.65. The lowest BCUT2D eigenvalue weighted by Crippen LogP contribution is -2.40. The monoisotopic (exact) mass is 269 g/mol. The zero-order valence-electron chi connectivity index (χ0n) is 10.9. The molecule has 0 saturated carbocycles. The van der Waals surface area contributed by atoms with Crippen LogP contribution >= 0.6 is 0 Å². The topological polar surface area (TPSA) is 29.5 Å². The van der Waals surface area contributed by atoms with Crippen molar-refractivity contribution in [1.82, 2.24) is 4.90 Å². The van der Waals surface area contributed by atoms with Crippen LogP contribution in [0.1, 0.15) is 19.8 Å². The number of piperidine rings is 1. The number of hydrogen-bond donors (Lipinski definition) is 0. The molecule has 0 atom stereocenters. The average Bonchev–Trinajstić information content (AvgIpc) is 2.40. The Labute approximate surface area is 111 Å². The lowest BCUT2D eigenvalue weighted by Gasteiger charge is -2.30. The zero-order valence-corrected chi connectivity index (χ0v) is 10.9. The van der Waals surface area contributed by atoms with Crippen molar-refractivity contribution in [2.24, 2.45) is 5.92 Å². The molecule has 1 heterocycles. The number of hydrogen-bond acceptors (Lipinski definition) is 2. The second kappa shape index (κ2) is 5.99. The maximum absolute atomic E-state index is 13.0. The van der Waals surface area contributed by atoms with Gasteiger partial charge in [0, 0.05) is 19.2 Å². The van der Waals surface area contributed by atoms with Crippen LogP contribution in [0.2, 0.25) is 0 Å². The van der Waals surface area contributed by atoms with E-state index >= 15 is 0 Å². The third-order valence-electron chi connectivity index (χ3n) is 3.39. The van der Waals surface area contributed by atoms with Gasteiger partial charge in [-0.25, -0.2) is 8.78 Å². The molecule has 1 fully saturated rings. The number of carbonyl (C=O) groups is 1. The van der Waals surface area contributed by atoms with E-state index in [0.29, 0.717) is 5.92 Å². The summed E-state index contributed by atoms with van der Waals surface area (Å²) in [6.07, 6.45) is 1.99. The summed E-state index contributed by atoms with van der Waals surface area (Å²) in [7, 11) is 0. The molecule has 1 amide bonds. The summed E-state index contributed by atoms with van der Waals surface area (Å²) in [5, 5.41) is 0. The van der Waals surface area contributed by atoms with Crippen LogP contribution in [0, 0.1) is 17.6 Å². The minimum absolute atomic E-state index is 0.114. The summed E-state index contributed by atoms with van der Waals surface area (Å²) in [5.41, 5.74) is 0. The van der Waals surface area contributed by atoms with Gasteiger partial charge in [0.15, 0.2) is 18.2 Å². The molecular formula is C14H17F2NO2. The second-order valence-corrected chi connectivity index (χ2v) is 4.93. The number of amides is 1. The van der Waals surface area contributed by atoms with E-state index in [-0.39, 0.29) is 18.3 Å². The number of rotatable bonds is 3. The first kappa shape index (κ1) is 13.8. The Morgan fingerprint density at radius 2 is 2.00 bits per heavy atom. The van der Waals surface area contributed by atoms with Crippen LogP contribution in [0.3, 0.4) is 0 Å². The highest BCUT2D eigenvalue weighted by Gasteiger charge is 2.20. The number of benzene rings is 1. The molecule has 0 aromatic heterocycles. The summed E-state index contributed by atoms with van der Waals surface area (Å²) in [5.74, 6) is -1.20. The molecule has 0 radical (unpaired) electrons. The van der Waals surface area contributed by atoms with E-state index < -0.39 is 11.6 Å². The van der Waals surface area contributed by atoms with Crippen LogP contribution in [0.4, 0.5) is 8.78 Å². The molecule has 1 saturated heterocycles. The van der Waals surface area contributed by atoms with Gasteiger partial charge in [-0.1, -0.05) is 6.92 Å². The molecule has 1 aliphatic rings. The molecule has 1 aliphatic heterocycles. The quantitative estimate of drug-likeness (QED) is 0.844. The van der Waals surface area contributed by atoms with Gasteiger partial charge in [0.1, 0.15) is 5.75 Å². The summed E-state index contributed by atoms with van der Waals surface area (Å²) < 4.78 is 30.9. The molecule has 3 nitrogen and oxygen atoms in total. The number of ether oxygens (including phenoxy) is 1. The van der Waals surface area contributed by atoms with Gasteiger partial charge in [0.2, 0.25) is 0 Å². The number of carbonyl (C=O) groups excluding carboxylic acids is 1. The normalized spacial score (nSPS) is 16.5. The molecular weight excluding hydrogens is 252 g/mol. The highest BCUT2D eigenvalue weighted by atomic mass is 19.2. The van der Waals surface area contributed by atoms with E-state index in [2.05, 4.69) is 6.92 Å². The van der Waals surface area contributed by atoms with Gasteiger partial charge in [0.05, 0.1) is 0 Å². The van der Waals surface area contributed by atoms with Crippen molar-refractivity contribution in [3.05, 3.63) is 29.8 Å². The first-order valence-electron chi connectivity index (χ1n) is 6.42. The number of halogens is 2. The van der Waals surface area contributed by atoms with Gasteiger partial charge >= 0.3 is 0 Å². The maximum Gasteiger partial charge on any atom is 0.260 e. The lowest BCUT2D eigenvalue weighted by atomic mass is 9.99. The van der Waals surface area contributed by atoms with E-state index in [4.69, 9.17) is 4.74 Å². The first-order valence-corrected chi connectivity index (χ1v) is 6.42. The molecule has 2 rings (SSSR count). The van der Waals surface area contributed by atoms with Crippen molar-refractivity contribution >= 4 is 5.91 Å². The Morgan fingerprint density at radius 1 is 1.32 bits per heavy atom. The van der Waals surface area contributed by atoms with Crippen molar-refractivity contribution < 1.29 is 18.3 Å². The van der Waals surface area contributed by atoms with Crippen LogP contribution in [0.5, 0.6) is 5.75 Å². The second-order valence-electron chi connectivity index (χ2n) is 4.93. The standard InChI is InChI=1S/C14H17F2NO2/c1-10-4-6-17(7-5-10)14(18)9-19-11-2-3-12(15)13(16)8-11/h2-3,8,10H,4-7,9H2,1H3. The van der Waals surface area contributed by atoms with Crippen LogP contribution in [0.25, 0.3) is 0 Å². The van der Waals surface area contributed by atoms with E-state index in [1.54, 1.807) is 4.90 Å². The predicted octanol–water partition coefficient (Wildman–Crippen LogP) is 2.60. The Bertz CT molecular complexity index is 457. The summed E-state index contributed by atoms with van der Waals surface area (Å²) in [6, 6.07) is 3.24. The first-order chi connectivity index (χ1) is 9.06. The fraction of sp³-hybridized carbons (Fsp3) is 0.500. The predicted molar refractivity (Wildman–Crippen MR) is 66.8 cm³/mol. The summed E-state index contributed by atoms with van der Waals surface area (Å²) in [6.45, 7) is 3.50. The van der Waals surface area contributed by atoms with E-state index in [1.165, 1.54) is 6.07 Å². The smallest absolute Gasteiger partial charge is 0.260 e. The molecule has 0 unspecified atom stereocenters. The molecule has 0 N–H and O–H groups in total. The minimum Gasteiger partial charge on any atom is -0.484 e.